The van der Waals surface area contributed by atoms with Crippen molar-refractivity contribution in [1.29, 1.82) is 0 Å². The molecular weight excluding hydrogens is 376 g/mol. The van der Waals surface area contributed by atoms with Crippen LogP contribution in [0.5, 0.6) is 5.75 Å². The van der Waals surface area contributed by atoms with Gasteiger partial charge in [0.25, 0.3) is 0 Å². The van der Waals surface area contributed by atoms with Gasteiger partial charge in [-0.25, -0.2) is 0 Å². The fraction of sp³-hybridized carbons (Fsp3) is 0.533. The summed E-state index contributed by atoms with van der Waals surface area (Å²) in [6, 6.07) is 18.2. The van der Waals surface area contributed by atoms with Crippen molar-refractivity contribution < 1.29 is 4.74 Å². The van der Waals surface area contributed by atoms with Gasteiger partial charge in [0.05, 0.1) is 6.61 Å². The molecule has 0 spiro atoms. The molecule has 0 fully saturated rings. The van der Waals surface area contributed by atoms with E-state index >= 15 is 0 Å². The quantitative estimate of drug-likeness (QED) is 0.195. The van der Waals surface area contributed by atoms with Gasteiger partial charge in [0.2, 0.25) is 0 Å². The summed E-state index contributed by atoms with van der Waals surface area (Å²) in [5.41, 5.74) is 2.06. The third-order valence-corrected chi connectivity index (χ3v) is 5.75. The second kappa shape index (κ2) is 17.5. The van der Waals surface area contributed by atoms with Crippen molar-refractivity contribution in [3.8, 4) is 17.6 Å². The van der Waals surface area contributed by atoms with Crippen molar-refractivity contribution >= 4 is 0 Å². The predicted octanol–water partition coefficient (Wildman–Crippen LogP) is 8.95. The third kappa shape index (κ3) is 13.0. The van der Waals surface area contributed by atoms with Crippen LogP contribution in [0.15, 0.2) is 54.6 Å². The summed E-state index contributed by atoms with van der Waals surface area (Å²) in [5.74, 6) is 7.34. The van der Waals surface area contributed by atoms with Crippen LogP contribution in [0.1, 0.15) is 108 Å². The molecule has 1 nitrogen and oxygen atoms in total. The molecule has 0 saturated carbocycles. The molecule has 168 valence electrons. The molecule has 0 aliphatic heterocycles. The van der Waals surface area contributed by atoms with Gasteiger partial charge >= 0.3 is 0 Å². The van der Waals surface area contributed by atoms with Crippen molar-refractivity contribution in [2.24, 2.45) is 0 Å². The van der Waals surface area contributed by atoms with Crippen LogP contribution in [-0.4, -0.2) is 6.61 Å². The van der Waals surface area contributed by atoms with Gasteiger partial charge in [-0.1, -0.05) is 120 Å². The molecule has 0 atom stereocenters. The van der Waals surface area contributed by atoms with E-state index in [1.54, 1.807) is 0 Å². The lowest BCUT2D eigenvalue weighted by atomic mass is 10.0. The lowest BCUT2D eigenvalue weighted by Crippen LogP contribution is -1.97. The normalized spacial score (nSPS) is 10.5. The average molecular weight is 419 g/mol. The first-order chi connectivity index (χ1) is 15.4. The van der Waals surface area contributed by atoms with Crippen LogP contribution in [0, 0.1) is 11.8 Å². The highest BCUT2D eigenvalue weighted by atomic mass is 16.5. The Bertz CT molecular complexity index is 721. The Balaban J connectivity index is 1.42. The molecule has 0 saturated heterocycles. The molecule has 31 heavy (non-hydrogen) atoms. The number of hydrogen-bond donors (Lipinski definition) is 0. The topological polar surface area (TPSA) is 9.23 Å². The molecule has 1 heteroatoms. The molecule has 0 heterocycles. The molecule has 0 aliphatic carbocycles. The fourth-order valence-electron chi connectivity index (χ4n) is 3.79. The zero-order valence-electron chi connectivity index (χ0n) is 19.7. The van der Waals surface area contributed by atoms with Crippen LogP contribution < -0.4 is 4.74 Å². The minimum atomic E-state index is 0.813. The largest absolute Gasteiger partial charge is 0.494 e. The van der Waals surface area contributed by atoms with E-state index in [4.69, 9.17) is 4.74 Å². The number of benzene rings is 2. The monoisotopic (exact) mass is 418 g/mol. The minimum Gasteiger partial charge on any atom is -0.494 e. The molecule has 0 bridgehead atoms. The summed E-state index contributed by atoms with van der Waals surface area (Å²) in [6.07, 6.45) is 19.4. The van der Waals surface area contributed by atoms with E-state index in [-0.39, 0.29) is 0 Å². The van der Waals surface area contributed by atoms with Gasteiger partial charge in [0.1, 0.15) is 5.75 Å². The van der Waals surface area contributed by atoms with Gasteiger partial charge in [-0.2, -0.15) is 0 Å². The van der Waals surface area contributed by atoms with Gasteiger partial charge < -0.3 is 4.74 Å². The SMILES string of the molecule is CCCCCCCCCCCCCCCCOc1ccc(C#Cc2ccccc2)cc1. The maximum absolute atomic E-state index is 5.88. The second-order valence-electron chi connectivity index (χ2n) is 8.59. The van der Waals surface area contributed by atoms with E-state index < -0.39 is 0 Å². The Hall–Kier alpha value is -2.20. The first-order valence-electron chi connectivity index (χ1n) is 12.7. The van der Waals surface area contributed by atoms with Crippen LogP contribution in [0.25, 0.3) is 0 Å². The van der Waals surface area contributed by atoms with Gasteiger partial charge in [0, 0.05) is 11.1 Å². The van der Waals surface area contributed by atoms with Gasteiger partial charge in [-0.15, -0.1) is 0 Å². The predicted molar refractivity (Wildman–Crippen MR) is 135 cm³/mol. The third-order valence-electron chi connectivity index (χ3n) is 5.75. The van der Waals surface area contributed by atoms with Crippen LogP contribution in [0.4, 0.5) is 0 Å². The lowest BCUT2D eigenvalue weighted by Gasteiger charge is -2.06. The van der Waals surface area contributed by atoms with Crippen molar-refractivity contribution in [2.45, 2.75) is 96.8 Å². The Labute approximate surface area is 191 Å². The number of unbranched alkanes of at least 4 members (excludes halogenated alkanes) is 13. The average Bonchev–Trinajstić information content (AvgIpc) is 2.81. The lowest BCUT2D eigenvalue weighted by molar-refractivity contribution is 0.304. The molecule has 0 aliphatic rings. The van der Waals surface area contributed by atoms with E-state index in [2.05, 4.69) is 18.8 Å². The summed E-state index contributed by atoms with van der Waals surface area (Å²) in [6.45, 7) is 3.10. The Morgan fingerprint density at radius 3 is 1.48 bits per heavy atom. The summed E-state index contributed by atoms with van der Waals surface area (Å²) in [5, 5.41) is 0. The molecule has 0 amide bonds. The van der Waals surface area contributed by atoms with Crippen LogP contribution in [0.3, 0.4) is 0 Å². The van der Waals surface area contributed by atoms with Crippen molar-refractivity contribution in [3.63, 3.8) is 0 Å². The first-order valence-corrected chi connectivity index (χ1v) is 12.7. The standard InChI is InChI=1S/C30H42O/c1-2-3-4-5-6-7-8-9-10-11-12-13-14-18-27-31-30-25-23-29(24-26-30)22-21-28-19-16-15-17-20-28/h15-17,19-20,23-26H,2-14,18,27H2,1H3. The van der Waals surface area contributed by atoms with E-state index in [1.165, 1.54) is 83.5 Å². The Kier molecular flexibility index (Phi) is 14.1. The van der Waals surface area contributed by atoms with Gasteiger partial charge in [-0.05, 0) is 42.8 Å². The zero-order chi connectivity index (χ0) is 21.8. The van der Waals surface area contributed by atoms with E-state index in [0.717, 1.165) is 29.9 Å². The van der Waals surface area contributed by atoms with E-state index in [0.29, 0.717) is 0 Å². The minimum absolute atomic E-state index is 0.813. The fourth-order valence-corrected chi connectivity index (χ4v) is 3.79. The van der Waals surface area contributed by atoms with Crippen LogP contribution in [-0.2, 0) is 0 Å². The maximum atomic E-state index is 5.88. The Morgan fingerprint density at radius 2 is 0.968 bits per heavy atom. The number of ether oxygens (including phenoxy) is 1. The summed E-state index contributed by atoms with van der Waals surface area (Å²) in [7, 11) is 0. The van der Waals surface area contributed by atoms with Crippen LogP contribution >= 0.6 is 0 Å². The van der Waals surface area contributed by atoms with E-state index in [9.17, 15) is 0 Å². The molecule has 2 aromatic carbocycles. The number of hydrogen-bond acceptors (Lipinski definition) is 1. The highest BCUT2D eigenvalue weighted by molar-refractivity contribution is 5.44. The summed E-state index contributed by atoms with van der Waals surface area (Å²) >= 11 is 0. The molecule has 0 aromatic heterocycles. The zero-order valence-corrected chi connectivity index (χ0v) is 19.7. The molecule has 2 rings (SSSR count). The maximum Gasteiger partial charge on any atom is 0.119 e. The van der Waals surface area contributed by atoms with Crippen LogP contribution in [0.2, 0.25) is 0 Å². The highest BCUT2D eigenvalue weighted by Gasteiger charge is 1.96. The van der Waals surface area contributed by atoms with E-state index in [1.807, 2.05) is 54.6 Å². The second-order valence-corrected chi connectivity index (χ2v) is 8.59. The molecular formula is C30H42O. The van der Waals surface area contributed by atoms with Crippen molar-refractivity contribution in [3.05, 3.63) is 65.7 Å². The molecule has 2 aromatic rings. The summed E-state index contributed by atoms with van der Waals surface area (Å²) in [4.78, 5) is 0. The Morgan fingerprint density at radius 1 is 0.516 bits per heavy atom. The van der Waals surface area contributed by atoms with Gasteiger partial charge in [-0.3, -0.25) is 0 Å². The summed E-state index contributed by atoms with van der Waals surface area (Å²) < 4.78 is 5.88. The smallest absolute Gasteiger partial charge is 0.119 e. The molecule has 0 radical (unpaired) electrons. The van der Waals surface area contributed by atoms with Crippen molar-refractivity contribution in [2.75, 3.05) is 6.61 Å². The number of rotatable bonds is 16. The first kappa shape index (κ1) is 25.1. The molecule has 0 unspecified atom stereocenters. The van der Waals surface area contributed by atoms with Crippen molar-refractivity contribution in [1.82, 2.24) is 0 Å². The highest BCUT2D eigenvalue weighted by Crippen LogP contribution is 2.15. The van der Waals surface area contributed by atoms with Gasteiger partial charge in [0.15, 0.2) is 0 Å². The molecule has 0 N–H and O–H groups in total.